The molecule has 2 rings (SSSR count). The Morgan fingerprint density at radius 3 is 2.53 bits per heavy atom. The van der Waals surface area contributed by atoms with Crippen LogP contribution in [0.5, 0.6) is 5.75 Å². The average molecular weight is 279 g/mol. The maximum absolute atomic E-state index is 6.40. The van der Waals surface area contributed by atoms with Crippen molar-refractivity contribution in [1.82, 2.24) is 0 Å². The van der Waals surface area contributed by atoms with Crippen molar-refractivity contribution in [2.75, 3.05) is 7.11 Å². The number of benzene rings is 1. The third-order valence-corrected chi connectivity index (χ3v) is 4.31. The van der Waals surface area contributed by atoms with E-state index in [1.807, 2.05) is 0 Å². The van der Waals surface area contributed by atoms with Gasteiger partial charge in [0.15, 0.2) is 0 Å². The summed E-state index contributed by atoms with van der Waals surface area (Å²) in [7, 11) is 1.75. The number of ether oxygens (including phenoxy) is 1. The third-order valence-electron chi connectivity index (χ3n) is 4.03. The summed E-state index contributed by atoms with van der Waals surface area (Å²) < 4.78 is 5.63. The molecule has 1 aromatic rings. The first-order chi connectivity index (χ1) is 8.84. The second kappa shape index (κ2) is 5.20. The van der Waals surface area contributed by atoms with Crippen LogP contribution in [-0.2, 0) is 0 Å². The van der Waals surface area contributed by atoms with Crippen molar-refractivity contribution in [3.8, 4) is 5.75 Å². The molecule has 0 amide bonds. The maximum atomic E-state index is 6.40. The molecule has 2 heteroatoms. The van der Waals surface area contributed by atoms with Crippen LogP contribution >= 0.6 is 11.6 Å². The van der Waals surface area contributed by atoms with Crippen LogP contribution in [0.2, 0.25) is 0 Å². The van der Waals surface area contributed by atoms with E-state index < -0.39 is 0 Å². The van der Waals surface area contributed by atoms with E-state index in [0.29, 0.717) is 0 Å². The van der Waals surface area contributed by atoms with Crippen molar-refractivity contribution < 1.29 is 4.74 Å². The third kappa shape index (κ3) is 2.97. The van der Waals surface area contributed by atoms with Crippen molar-refractivity contribution in [2.24, 2.45) is 5.41 Å². The Kier molecular flexibility index (Phi) is 3.96. The number of methoxy groups -OCH3 is 1. The molecule has 0 heterocycles. The van der Waals surface area contributed by atoms with Crippen LogP contribution in [0.3, 0.4) is 0 Å². The van der Waals surface area contributed by atoms with Crippen molar-refractivity contribution in [2.45, 2.75) is 45.9 Å². The van der Waals surface area contributed by atoms with Crippen molar-refractivity contribution in [1.29, 1.82) is 0 Å². The quantitative estimate of drug-likeness (QED) is 0.682. The van der Waals surface area contributed by atoms with E-state index in [9.17, 15) is 0 Å². The van der Waals surface area contributed by atoms with E-state index >= 15 is 0 Å². The molecular formula is C17H23ClO. The molecule has 0 bridgehead atoms. The van der Waals surface area contributed by atoms with Crippen LogP contribution in [0.25, 0.3) is 5.57 Å². The molecular weight excluding hydrogens is 256 g/mol. The second-order valence-electron chi connectivity index (χ2n) is 6.34. The highest BCUT2D eigenvalue weighted by molar-refractivity contribution is 6.22. The van der Waals surface area contributed by atoms with Gasteiger partial charge in [0.2, 0.25) is 0 Å². The summed E-state index contributed by atoms with van der Waals surface area (Å²) in [5.74, 6) is 0.993. The van der Waals surface area contributed by atoms with Crippen molar-refractivity contribution in [3.63, 3.8) is 0 Å². The molecule has 104 valence electrons. The minimum absolute atomic E-state index is 0.116. The Balaban J connectivity index is 2.50. The van der Waals surface area contributed by atoms with Crippen molar-refractivity contribution in [3.05, 3.63) is 34.9 Å². The summed E-state index contributed by atoms with van der Waals surface area (Å²) in [6.07, 6.45) is 4.28. The molecule has 19 heavy (non-hydrogen) atoms. The lowest BCUT2D eigenvalue weighted by atomic mass is 9.75. The van der Waals surface area contributed by atoms with Gasteiger partial charge in [-0.1, -0.05) is 32.1 Å². The highest BCUT2D eigenvalue weighted by atomic mass is 35.5. The van der Waals surface area contributed by atoms with Gasteiger partial charge in [-0.25, -0.2) is 0 Å². The van der Waals surface area contributed by atoms with Gasteiger partial charge in [-0.3, -0.25) is 0 Å². The van der Waals surface area contributed by atoms with Gasteiger partial charge in [0.25, 0.3) is 0 Å². The highest BCUT2D eigenvalue weighted by Crippen LogP contribution is 2.44. The summed E-state index contributed by atoms with van der Waals surface area (Å²) in [6, 6.07) is 4.33. The lowest BCUT2D eigenvalue weighted by molar-refractivity contribution is 0.339. The van der Waals surface area contributed by atoms with Crippen LogP contribution in [-0.4, -0.2) is 12.5 Å². The highest BCUT2D eigenvalue weighted by Gasteiger charge is 2.29. The number of allylic oxidation sites excluding steroid dienone is 2. The fourth-order valence-electron chi connectivity index (χ4n) is 2.94. The number of rotatable bonds is 2. The smallest absolute Gasteiger partial charge is 0.129 e. The SMILES string of the molecule is COc1c(C2=CC(Cl)CC(C)(C)C2)ccc(C)c1C. The molecule has 0 N–H and O–H groups in total. The van der Waals surface area contributed by atoms with Gasteiger partial charge >= 0.3 is 0 Å². The lowest BCUT2D eigenvalue weighted by Gasteiger charge is -2.33. The zero-order chi connectivity index (χ0) is 14.2. The molecule has 0 saturated heterocycles. The molecule has 1 aliphatic carbocycles. The molecule has 0 spiro atoms. The fraction of sp³-hybridized carbons (Fsp3) is 0.529. The Bertz CT molecular complexity index is 514. The van der Waals surface area contributed by atoms with E-state index in [2.05, 4.69) is 45.9 Å². The van der Waals surface area contributed by atoms with Crippen molar-refractivity contribution >= 4 is 17.2 Å². The first-order valence-corrected chi connectivity index (χ1v) is 7.27. The fourth-order valence-corrected chi connectivity index (χ4v) is 3.51. The molecule has 1 unspecified atom stereocenters. The molecule has 1 atom stereocenters. The zero-order valence-electron chi connectivity index (χ0n) is 12.5. The molecule has 0 aliphatic heterocycles. The monoisotopic (exact) mass is 278 g/mol. The molecule has 0 saturated carbocycles. The topological polar surface area (TPSA) is 9.23 Å². The summed E-state index contributed by atoms with van der Waals surface area (Å²) in [6.45, 7) is 8.79. The van der Waals surface area contributed by atoms with Gasteiger partial charge in [0, 0.05) is 5.56 Å². The Morgan fingerprint density at radius 2 is 1.95 bits per heavy atom. The molecule has 1 aliphatic rings. The molecule has 1 nitrogen and oxygen atoms in total. The zero-order valence-corrected chi connectivity index (χ0v) is 13.3. The van der Waals surface area contributed by atoms with Crippen LogP contribution in [0.4, 0.5) is 0 Å². The standard InChI is InChI=1S/C17H23ClO/c1-11-6-7-15(16(19-5)12(11)2)13-8-14(18)10-17(3,4)9-13/h6-8,14H,9-10H2,1-5H3. The predicted octanol–water partition coefficient (Wildman–Crippen LogP) is 5.12. The molecule has 0 fully saturated rings. The normalized spacial score (nSPS) is 22.0. The summed E-state index contributed by atoms with van der Waals surface area (Å²) in [5, 5.41) is 0.116. The molecule has 0 radical (unpaired) electrons. The molecule has 0 aromatic heterocycles. The van der Waals surface area contributed by atoms with E-state index in [1.165, 1.54) is 22.3 Å². The lowest BCUT2D eigenvalue weighted by Crippen LogP contribution is -2.21. The number of alkyl halides is 1. The van der Waals surface area contributed by atoms with Crippen LogP contribution < -0.4 is 4.74 Å². The maximum Gasteiger partial charge on any atom is 0.129 e. The Labute approximate surface area is 121 Å². The first kappa shape index (κ1) is 14.5. The van der Waals surface area contributed by atoms with Gasteiger partial charge in [-0.05, 0) is 48.8 Å². The van der Waals surface area contributed by atoms with Crippen LogP contribution in [0.15, 0.2) is 18.2 Å². The second-order valence-corrected chi connectivity index (χ2v) is 6.90. The first-order valence-electron chi connectivity index (χ1n) is 6.83. The summed E-state index contributed by atoms with van der Waals surface area (Å²) in [4.78, 5) is 0. The Hall–Kier alpha value is -0.950. The van der Waals surface area contributed by atoms with Gasteiger partial charge in [0.05, 0.1) is 12.5 Å². The van der Waals surface area contributed by atoms with Gasteiger partial charge < -0.3 is 4.74 Å². The minimum atomic E-state index is 0.116. The van der Waals surface area contributed by atoms with Gasteiger partial charge in [-0.15, -0.1) is 11.6 Å². The summed E-state index contributed by atoms with van der Waals surface area (Å²) >= 11 is 6.40. The molecule has 1 aromatic carbocycles. The van der Waals surface area contributed by atoms with Crippen LogP contribution in [0, 0.1) is 19.3 Å². The summed E-state index contributed by atoms with van der Waals surface area (Å²) in [5.41, 5.74) is 5.25. The number of hydrogen-bond acceptors (Lipinski definition) is 1. The van der Waals surface area contributed by atoms with Gasteiger partial charge in [-0.2, -0.15) is 0 Å². The number of aryl methyl sites for hydroxylation is 1. The van der Waals surface area contributed by atoms with E-state index in [0.717, 1.165) is 18.6 Å². The Morgan fingerprint density at radius 1 is 1.26 bits per heavy atom. The number of hydrogen-bond donors (Lipinski definition) is 0. The minimum Gasteiger partial charge on any atom is -0.496 e. The van der Waals surface area contributed by atoms with E-state index in [1.54, 1.807) is 7.11 Å². The van der Waals surface area contributed by atoms with E-state index in [4.69, 9.17) is 16.3 Å². The van der Waals surface area contributed by atoms with Gasteiger partial charge in [0.1, 0.15) is 5.75 Å². The van der Waals surface area contributed by atoms with Crippen LogP contribution in [0.1, 0.15) is 43.4 Å². The average Bonchev–Trinajstić information content (AvgIpc) is 2.29. The predicted molar refractivity (Wildman–Crippen MR) is 83.1 cm³/mol. The number of halogens is 1. The largest absolute Gasteiger partial charge is 0.496 e. The van der Waals surface area contributed by atoms with E-state index in [-0.39, 0.29) is 10.8 Å².